The number of hydrazone groups is 1. The average molecular weight is 401 g/mol. The number of rotatable bonds is 3. The van der Waals surface area contributed by atoms with Gasteiger partial charge in [-0.15, -0.1) is 0 Å². The molecule has 25 heavy (non-hydrogen) atoms. The van der Waals surface area contributed by atoms with Crippen LogP contribution in [0.1, 0.15) is 12.0 Å². The summed E-state index contributed by atoms with van der Waals surface area (Å²) in [6, 6.07) is 5.50. The molecule has 0 unspecified atom stereocenters. The number of carbonyl (C=O) groups is 2. The average Bonchev–Trinajstić information content (AvgIpc) is 3.39. The monoisotopic (exact) mass is 400 g/mol. The number of methoxy groups -OCH3 is 1. The van der Waals surface area contributed by atoms with Crippen LogP contribution in [0.15, 0.2) is 39.9 Å². The number of amides is 2. The number of carbonyl (C=O) groups excluding carboxylic acids is 2. The third-order valence-corrected chi connectivity index (χ3v) is 6.76. The van der Waals surface area contributed by atoms with Crippen LogP contribution in [-0.2, 0) is 9.59 Å². The molecule has 1 aliphatic heterocycles. The summed E-state index contributed by atoms with van der Waals surface area (Å²) in [5.41, 5.74) is 0.798. The van der Waals surface area contributed by atoms with E-state index in [-0.39, 0.29) is 35.5 Å². The Morgan fingerprint density at radius 2 is 1.80 bits per heavy atom. The first-order valence-corrected chi connectivity index (χ1v) is 9.33. The van der Waals surface area contributed by atoms with Crippen molar-refractivity contribution in [1.82, 2.24) is 5.01 Å². The van der Waals surface area contributed by atoms with Crippen LogP contribution < -0.4 is 4.74 Å². The molecule has 2 amide bonds. The highest BCUT2D eigenvalue weighted by Gasteiger charge is 2.67. The van der Waals surface area contributed by atoms with Crippen molar-refractivity contribution >= 4 is 34.0 Å². The number of benzene rings is 1. The molecule has 0 N–H and O–H groups in total. The molecule has 6 rings (SSSR count). The summed E-state index contributed by atoms with van der Waals surface area (Å²) in [5, 5.41) is 5.34. The smallest absolute Gasteiger partial charge is 0.254 e. The van der Waals surface area contributed by atoms with Crippen LogP contribution in [0, 0.1) is 35.5 Å². The van der Waals surface area contributed by atoms with E-state index in [1.54, 1.807) is 13.3 Å². The molecular weight excluding hydrogens is 384 g/mol. The highest BCUT2D eigenvalue weighted by Crippen LogP contribution is 2.65. The fraction of sp³-hybridized carbons (Fsp3) is 0.421. The van der Waals surface area contributed by atoms with Gasteiger partial charge in [-0.2, -0.15) is 10.1 Å². The summed E-state index contributed by atoms with van der Waals surface area (Å²) in [6.07, 6.45) is 7.06. The fourth-order valence-corrected chi connectivity index (χ4v) is 5.50. The lowest BCUT2D eigenvalue weighted by atomic mass is 9.63. The van der Waals surface area contributed by atoms with Gasteiger partial charge in [-0.05, 0) is 69.8 Å². The molecule has 5 nitrogen and oxygen atoms in total. The van der Waals surface area contributed by atoms with Gasteiger partial charge in [0.25, 0.3) is 11.8 Å². The van der Waals surface area contributed by atoms with Crippen LogP contribution in [0.2, 0.25) is 0 Å². The standard InChI is InChI=1S/C19H17BrN2O3/c1-25-15-5-2-9(6-14(15)20)8-21-22-18(23)16-10-3-4-11(13-7-12(10)13)17(16)19(22)24/h2-6,8,10-13,16-17H,7H2,1H3/b21-8-/t10-,11-,12-,13+,16+,17+/m1/s1. The summed E-state index contributed by atoms with van der Waals surface area (Å²) in [6.45, 7) is 0. The Bertz CT molecular complexity index is 813. The third-order valence-electron chi connectivity index (χ3n) is 6.14. The van der Waals surface area contributed by atoms with Crippen molar-refractivity contribution in [3.8, 4) is 5.75 Å². The molecule has 128 valence electrons. The molecule has 2 bridgehead atoms. The maximum atomic E-state index is 12.8. The van der Waals surface area contributed by atoms with Gasteiger partial charge < -0.3 is 4.74 Å². The van der Waals surface area contributed by atoms with Crippen molar-refractivity contribution in [3.63, 3.8) is 0 Å². The van der Waals surface area contributed by atoms with Gasteiger partial charge in [-0.25, -0.2) is 0 Å². The zero-order chi connectivity index (χ0) is 17.3. The lowest BCUT2D eigenvalue weighted by Crippen LogP contribution is -2.40. The van der Waals surface area contributed by atoms with E-state index in [2.05, 4.69) is 33.2 Å². The number of ether oxygens (including phenoxy) is 1. The molecule has 4 aliphatic carbocycles. The van der Waals surface area contributed by atoms with Gasteiger partial charge in [0.15, 0.2) is 0 Å². The zero-order valence-corrected chi connectivity index (χ0v) is 15.2. The minimum absolute atomic E-state index is 0.136. The Morgan fingerprint density at radius 3 is 2.36 bits per heavy atom. The topological polar surface area (TPSA) is 59.0 Å². The quantitative estimate of drug-likeness (QED) is 0.445. The van der Waals surface area contributed by atoms with E-state index in [0.29, 0.717) is 11.8 Å². The van der Waals surface area contributed by atoms with Gasteiger partial charge >= 0.3 is 0 Å². The van der Waals surface area contributed by atoms with Crippen LogP contribution in [0.5, 0.6) is 5.75 Å². The maximum absolute atomic E-state index is 12.8. The van der Waals surface area contributed by atoms with Crippen molar-refractivity contribution in [2.45, 2.75) is 6.42 Å². The Kier molecular flexibility index (Phi) is 3.23. The molecule has 0 spiro atoms. The Morgan fingerprint density at radius 1 is 1.16 bits per heavy atom. The first kappa shape index (κ1) is 15.3. The Hall–Kier alpha value is -1.95. The molecule has 6 heteroatoms. The van der Waals surface area contributed by atoms with Crippen molar-refractivity contribution in [2.24, 2.45) is 40.6 Å². The van der Waals surface area contributed by atoms with E-state index >= 15 is 0 Å². The molecular formula is C19H17BrN2O3. The highest BCUT2D eigenvalue weighted by molar-refractivity contribution is 9.10. The number of allylic oxidation sites excluding steroid dienone is 2. The molecule has 3 fully saturated rings. The van der Waals surface area contributed by atoms with Gasteiger partial charge in [-0.1, -0.05) is 12.2 Å². The second-order valence-electron chi connectivity index (χ2n) is 7.28. The molecule has 6 atom stereocenters. The van der Waals surface area contributed by atoms with Gasteiger partial charge in [0, 0.05) is 0 Å². The van der Waals surface area contributed by atoms with E-state index in [4.69, 9.17) is 4.74 Å². The fourth-order valence-electron chi connectivity index (χ4n) is 4.94. The van der Waals surface area contributed by atoms with Crippen molar-refractivity contribution in [1.29, 1.82) is 0 Å². The van der Waals surface area contributed by atoms with Gasteiger partial charge in [-0.3, -0.25) is 9.59 Å². The summed E-state index contributed by atoms with van der Waals surface area (Å²) in [4.78, 5) is 25.6. The molecule has 0 radical (unpaired) electrons. The van der Waals surface area contributed by atoms with Gasteiger partial charge in [0.05, 0.1) is 29.6 Å². The SMILES string of the molecule is COc1ccc(/C=N\N2C(=O)[C@H]3[C@@H]4C=C[C@H]([C@@H]5C[C@H]45)[C@@H]3C2=O)cc1Br. The number of halogens is 1. The molecule has 2 saturated carbocycles. The molecule has 1 aromatic carbocycles. The highest BCUT2D eigenvalue weighted by atomic mass is 79.9. The van der Waals surface area contributed by atoms with Gasteiger partial charge in [0.2, 0.25) is 0 Å². The minimum Gasteiger partial charge on any atom is -0.496 e. The summed E-state index contributed by atoms with van der Waals surface area (Å²) >= 11 is 3.43. The van der Waals surface area contributed by atoms with E-state index < -0.39 is 0 Å². The minimum atomic E-state index is -0.203. The van der Waals surface area contributed by atoms with Crippen LogP contribution in [0.3, 0.4) is 0 Å². The van der Waals surface area contributed by atoms with E-state index in [1.807, 2.05) is 18.2 Å². The molecule has 5 aliphatic rings. The van der Waals surface area contributed by atoms with Crippen molar-refractivity contribution < 1.29 is 14.3 Å². The summed E-state index contributed by atoms with van der Waals surface area (Å²) < 4.78 is 6.00. The lowest BCUT2D eigenvalue weighted by molar-refractivity contribution is -0.140. The number of nitrogens with zero attached hydrogens (tertiary/aromatic N) is 2. The second-order valence-corrected chi connectivity index (χ2v) is 8.14. The Labute approximate surface area is 153 Å². The summed E-state index contributed by atoms with van der Waals surface area (Å²) in [5.74, 6) is 1.71. The van der Waals surface area contributed by atoms with Gasteiger partial charge in [0.1, 0.15) is 5.75 Å². The molecule has 0 aromatic heterocycles. The maximum Gasteiger partial charge on any atom is 0.254 e. The third kappa shape index (κ3) is 2.09. The van der Waals surface area contributed by atoms with Crippen LogP contribution >= 0.6 is 15.9 Å². The second kappa shape index (κ2) is 5.27. The number of hydrogen-bond donors (Lipinski definition) is 0. The number of imide groups is 1. The van der Waals surface area contributed by atoms with Crippen molar-refractivity contribution in [2.75, 3.05) is 7.11 Å². The van der Waals surface area contributed by atoms with Crippen molar-refractivity contribution in [3.05, 3.63) is 40.4 Å². The summed E-state index contributed by atoms with van der Waals surface area (Å²) in [7, 11) is 1.60. The normalized spacial score (nSPS) is 37.6. The van der Waals surface area contributed by atoms with E-state index in [0.717, 1.165) is 20.8 Å². The van der Waals surface area contributed by atoms with E-state index in [9.17, 15) is 9.59 Å². The largest absolute Gasteiger partial charge is 0.496 e. The zero-order valence-electron chi connectivity index (χ0n) is 13.6. The predicted molar refractivity (Wildman–Crippen MR) is 94.8 cm³/mol. The number of hydrogen-bond acceptors (Lipinski definition) is 4. The van der Waals surface area contributed by atoms with Crippen LogP contribution in [0.25, 0.3) is 0 Å². The lowest BCUT2D eigenvalue weighted by Gasteiger charge is -2.37. The predicted octanol–water partition coefficient (Wildman–Crippen LogP) is 2.84. The first-order chi connectivity index (χ1) is 12.1. The molecule has 1 saturated heterocycles. The Balaban J connectivity index is 1.41. The molecule has 1 aromatic rings. The van der Waals surface area contributed by atoms with Crippen LogP contribution in [-0.4, -0.2) is 30.1 Å². The van der Waals surface area contributed by atoms with Crippen LogP contribution in [0.4, 0.5) is 0 Å². The first-order valence-electron chi connectivity index (χ1n) is 8.54. The van der Waals surface area contributed by atoms with E-state index in [1.165, 1.54) is 6.42 Å². The molecule has 1 heterocycles.